The third-order valence-electron chi connectivity index (χ3n) is 3.75. The Morgan fingerprint density at radius 2 is 1.00 bits per heavy atom. The standard InChI is InChI=1S/C15H26O6.H3N/c1-2-3-4-5-6-7-8-9-10-11-15(12(16)17,13(18)19)14(20)21;/h2-11H2,1H3,(H,16,17)(H,18,19)(H,20,21);1H3. The highest BCUT2D eigenvalue weighted by Gasteiger charge is 2.53. The van der Waals surface area contributed by atoms with Gasteiger partial charge in [0.15, 0.2) is 0 Å². The topological polar surface area (TPSA) is 147 Å². The SMILES string of the molecule is CCCCCCCCCCCC(C(=O)O)(C(=O)O)C(=O)O.N. The third kappa shape index (κ3) is 6.89. The first kappa shape index (κ1) is 22.6. The quantitative estimate of drug-likeness (QED) is 0.300. The maximum atomic E-state index is 11.0. The highest BCUT2D eigenvalue weighted by molar-refractivity contribution is 6.16. The van der Waals surface area contributed by atoms with E-state index in [2.05, 4.69) is 6.92 Å². The smallest absolute Gasteiger partial charge is 0.332 e. The Bertz CT molecular complexity index is 320. The van der Waals surface area contributed by atoms with Crippen molar-refractivity contribution in [3.8, 4) is 0 Å². The van der Waals surface area contributed by atoms with Gasteiger partial charge in [-0.05, 0) is 6.42 Å². The van der Waals surface area contributed by atoms with Crippen molar-refractivity contribution in [2.75, 3.05) is 0 Å². The molecule has 7 heteroatoms. The molecule has 130 valence electrons. The normalized spacial score (nSPS) is 10.8. The lowest BCUT2D eigenvalue weighted by atomic mass is 9.82. The molecular weight excluding hydrogens is 290 g/mol. The molecule has 0 aliphatic rings. The van der Waals surface area contributed by atoms with E-state index in [0.29, 0.717) is 12.8 Å². The van der Waals surface area contributed by atoms with Gasteiger partial charge < -0.3 is 21.5 Å². The summed E-state index contributed by atoms with van der Waals surface area (Å²) in [5.41, 5.74) is -2.71. The van der Waals surface area contributed by atoms with Crippen LogP contribution in [-0.2, 0) is 14.4 Å². The van der Waals surface area contributed by atoms with Gasteiger partial charge in [-0.2, -0.15) is 0 Å². The van der Waals surface area contributed by atoms with E-state index < -0.39 is 23.3 Å². The van der Waals surface area contributed by atoms with Crippen LogP contribution in [0.25, 0.3) is 0 Å². The van der Waals surface area contributed by atoms with Crippen LogP contribution in [0.15, 0.2) is 0 Å². The molecule has 0 unspecified atom stereocenters. The minimum Gasteiger partial charge on any atom is -0.480 e. The van der Waals surface area contributed by atoms with Gasteiger partial charge in [-0.3, -0.25) is 14.4 Å². The summed E-state index contributed by atoms with van der Waals surface area (Å²) < 4.78 is 0. The van der Waals surface area contributed by atoms with Crippen LogP contribution in [-0.4, -0.2) is 33.2 Å². The van der Waals surface area contributed by atoms with Gasteiger partial charge in [0, 0.05) is 0 Å². The first-order chi connectivity index (χ1) is 9.89. The molecule has 0 amide bonds. The zero-order valence-electron chi connectivity index (χ0n) is 13.3. The fraction of sp³-hybridized carbons (Fsp3) is 0.800. The van der Waals surface area contributed by atoms with Crippen molar-refractivity contribution in [1.29, 1.82) is 0 Å². The summed E-state index contributed by atoms with van der Waals surface area (Å²) in [7, 11) is 0. The van der Waals surface area contributed by atoms with E-state index in [1.165, 1.54) is 25.7 Å². The number of unbranched alkanes of at least 4 members (excludes halogenated alkanes) is 8. The number of carboxylic acids is 3. The Kier molecular flexibility index (Phi) is 12.3. The molecule has 22 heavy (non-hydrogen) atoms. The highest BCUT2D eigenvalue weighted by Crippen LogP contribution is 2.27. The van der Waals surface area contributed by atoms with E-state index in [1.54, 1.807) is 0 Å². The molecule has 0 saturated carbocycles. The molecular formula is C15H29NO6. The molecule has 6 N–H and O–H groups in total. The van der Waals surface area contributed by atoms with Crippen molar-refractivity contribution in [2.45, 2.75) is 71.1 Å². The Morgan fingerprint density at radius 3 is 1.32 bits per heavy atom. The number of carboxylic acid groups (broad SMARTS) is 3. The Morgan fingerprint density at radius 1 is 0.682 bits per heavy atom. The summed E-state index contributed by atoms with van der Waals surface area (Å²) >= 11 is 0. The summed E-state index contributed by atoms with van der Waals surface area (Å²) in [6.45, 7) is 2.15. The molecule has 0 aliphatic heterocycles. The first-order valence-electron chi connectivity index (χ1n) is 7.59. The van der Waals surface area contributed by atoms with Crippen LogP contribution >= 0.6 is 0 Å². The van der Waals surface area contributed by atoms with Gasteiger partial charge in [-0.25, -0.2) is 0 Å². The van der Waals surface area contributed by atoms with Crippen molar-refractivity contribution in [3.05, 3.63) is 0 Å². The fourth-order valence-electron chi connectivity index (χ4n) is 2.30. The van der Waals surface area contributed by atoms with Crippen molar-refractivity contribution >= 4 is 17.9 Å². The predicted octanol–water partition coefficient (Wildman–Crippen LogP) is 3.31. The lowest BCUT2D eigenvalue weighted by molar-refractivity contribution is -0.176. The molecule has 0 saturated heterocycles. The van der Waals surface area contributed by atoms with Gasteiger partial charge in [0.05, 0.1) is 0 Å². The Hall–Kier alpha value is -1.63. The van der Waals surface area contributed by atoms with Gasteiger partial charge in [0.1, 0.15) is 0 Å². The van der Waals surface area contributed by atoms with Gasteiger partial charge in [0.2, 0.25) is 0 Å². The fourth-order valence-corrected chi connectivity index (χ4v) is 2.30. The van der Waals surface area contributed by atoms with Gasteiger partial charge in [0.25, 0.3) is 5.41 Å². The second kappa shape index (κ2) is 12.0. The van der Waals surface area contributed by atoms with Crippen LogP contribution in [0.5, 0.6) is 0 Å². The van der Waals surface area contributed by atoms with E-state index in [-0.39, 0.29) is 12.6 Å². The Labute approximate surface area is 131 Å². The predicted molar refractivity (Wildman–Crippen MR) is 82.2 cm³/mol. The maximum Gasteiger partial charge on any atom is 0.332 e. The molecule has 0 heterocycles. The number of carbonyl (C=O) groups is 3. The van der Waals surface area contributed by atoms with E-state index in [9.17, 15) is 14.4 Å². The summed E-state index contributed by atoms with van der Waals surface area (Å²) in [6, 6.07) is 0. The van der Waals surface area contributed by atoms with Crippen LogP contribution in [0.4, 0.5) is 0 Å². The number of aliphatic carboxylic acids is 3. The van der Waals surface area contributed by atoms with E-state index >= 15 is 0 Å². The van der Waals surface area contributed by atoms with Crippen LogP contribution in [0.2, 0.25) is 0 Å². The molecule has 0 spiro atoms. The molecule has 0 aromatic carbocycles. The number of rotatable bonds is 13. The Balaban J connectivity index is 0. The van der Waals surface area contributed by atoms with E-state index in [4.69, 9.17) is 15.3 Å². The molecule has 0 aromatic heterocycles. The van der Waals surface area contributed by atoms with Crippen molar-refractivity contribution in [3.63, 3.8) is 0 Å². The minimum absolute atomic E-state index is 0. The van der Waals surface area contributed by atoms with Gasteiger partial charge in [-0.1, -0.05) is 64.7 Å². The molecule has 0 rings (SSSR count). The maximum absolute atomic E-state index is 11.0. The lowest BCUT2D eigenvalue weighted by Crippen LogP contribution is -2.46. The summed E-state index contributed by atoms with van der Waals surface area (Å²) in [4.78, 5) is 33.0. The van der Waals surface area contributed by atoms with Crippen molar-refractivity contribution in [1.82, 2.24) is 6.15 Å². The number of hydrogen-bond acceptors (Lipinski definition) is 4. The summed E-state index contributed by atoms with van der Waals surface area (Å²) in [6.07, 6.45) is 8.41. The van der Waals surface area contributed by atoms with Crippen LogP contribution in [0, 0.1) is 5.41 Å². The highest BCUT2D eigenvalue weighted by atomic mass is 16.4. The van der Waals surface area contributed by atoms with E-state index in [1.807, 2.05) is 0 Å². The van der Waals surface area contributed by atoms with Crippen LogP contribution < -0.4 is 6.15 Å². The van der Waals surface area contributed by atoms with Crippen molar-refractivity contribution < 1.29 is 29.7 Å². The second-order valence-corrected chi connectivity index (χ2v) is 5.40. The lowest BCUT2D eigenvalue weighted by Gasteiger charge is -2.19. The van der Waals surface area contributed by atoms with E-state index in [0.717, 1.165) is 19.3 Å². The summed E-state index contributed by atoms with van der Waals surface area (Å²) in [5, 5.41) is 26.8. The zero-order valence-corrected chi connectivity index (χ0v) is 13.3. The average Bonchev–Trinajstić information content (AvgIpc) is 2.39. The molecule has 0 atom stereocenters. The minimum atomic E-state index is -2.71. The molecule has 0 aliphatic carbocycles. The van der Waals surface area contributed by atoms with Crippen LogP contribution in [0.3, 0.4) is 0 Å². The molecule has 0 aromatic rings. The van der Waals surface area contributed by atoms with Gasteiger partial charge >= 0.3 is 17.9 Å². The monoisotopic (exact) mass is 319 g/mol. The molecule has 0 radical (unpaired) electrons. The summed E-state index contributed by atoms with van der Waals surface area (Å²) in [5.74, 6) is -5.41. The van der Waals surface area contributed by atoms with Crippen LogP contribution in [0.1, 0.15) is 71.1 Å². The molecule has 0 bridgehead atoms. The average molecular weight is 319 g/mol. The molecule has 0 fully saturated rings. The zero-order chi connectivity index (χ0) is 16.3. The third-order valence-corrected chi connectivity index (χ3v) is 3.75. The first-order valence-corrected chi connectivity index (χ1v) is 7.59. The number of hydrogen-bond donors (Lipinski definition) is 4. The molecule has 7 nitrogen and oxygen atoms in total. The van der Waals surface area contributed by atoms with Crippen molar-refractivity contribution in [2.24, 2.45) is 5.41 Å². The second-order valence-electron chi connectivity index (χ2n) is 5.40. The van der Waals surface area contributed by atoms with Gasteiger partial charge in [-0.15, -0.1) is 0 Å². The largest absolute Gasteiger partial charge is 0.480 e.